The molecule has 0 bridgehead atoms. The van der Waals surface area contributed by atoms with Gasteiger partial charge >= 0.3 is 0 Å². The maximum Gasteiger partial charge on any atom is 0.00957 e. The molecule has 2 fully saturated rings. The minimum absolute atomic E-state index is 0.523. The van der Waals surface area contributed by atoms with Gasteiger partial charge in [-0.15, -0.1) is 0 Å². The highest BCUT2D eigenvalue weighted by atomic mass is 14.7. The van der Waals surface area contributed by atoms with Gasteiger partial charge in [-0.3, -0.25) is 0 Å². The Bertz CT molecular complexity index is 194. The molecule has 0 spiro atoms. The molecule has 0 aromatic heterocycles. The van der Waals surface area contributed by atoms with Crippen LogP contribution >= 0.6 is 0 Å². The average molecular weight is 223 g/mol. The van der Waals surface area contributed by atoms with E-state index in [1.54, 1.807) is 0 Å². The van der Waals surface area contributed by atoms with Crippen LogP contribution in [0.3, 0.4) is 0 Å². The lowest BCUT2D eigenvalue weighted by atomic mass is 9.83. The number of nitrogens with two attached hydrogens (primary N) is 1. The third-order valence-corrected chi connectivity index (χ3v) is 5.15. The van der Waals surface area contributed by atoms with Gasteiger partial charge in [-0.25, -0.2) is 0 Å². The molecular weight excluding hydrogens is 194 g/mol. The molecule has 1 nitrogen and oxygen atoms in total. The molecule has 94 valence electrons. The number of hydrogen-bond donors (Lipinski definition) is 1. The smallest absolute Gasteiger partial charge is 0.00957 e. The van der Waals surface area contributed by atoms with Crippen molar-refractivity contribution in [2.24, 2.45) is 23.5 Å². The molecule has 0 amide bonds. The summed E-state index contributed by atoms with van der Waals surface area (Å²) in [5.74, 6) is 2.69. The second-order valence-corrected chi connectivity index (χ2v) is 6.18. The first-order chi connectivity index (χ1) is 7.81. The van der Waals surface area contributed by atoms with Crippen molar-refractivity contribution in [3.8, 4) is 0 Å². The predicted molar refractivity (Wildman–Crippen MR) is 70.3 cm³/mol. The van der Waals surface area contributed by atoms with Crippen LogP contribution in [-0.4, -0.2) is 6.04 Å². The van der Waals surface area contributed by atoms with Crippen LogP contribution in [0.25, 0.3) is 0 Å². The van der Waals surface area contributed by atoms with Crippen molar-refractivity contribution in [3.63, 3.8) is 0 Å². The SMILES string of the molecule is CCC1CCC(C(N)C2CCCCCC2)C1. The molecule has 0 saturated heterocycles. The minimum Gasteiger partial charge on any atom is -0.327 e. The van der Waals surface area contributed by atoms with E-state index in [2.05, 4.69) is 6.92 Å². The molecule has 2 aliphatic carbocycles. The van der Waals surface area contributed by atoms with Crippen LogP contribution in [0, 0.1) is 17.8 Å². The highest BCUT2D eigenvalue weighted by Gasteiger charge is 2.32. The Balaban J connectivity index is 1.83. The van der Waals surface area contributed by atoms with Crippen LogP contribution in [0.4, 0.5) is 0 Å². The van der Waals surface area contributed by atoms with Gasteiger partial charge in [0.25, 0.3) is 0 Å². The fourth-order valence-electron chi connectivity index (χ4n) is 3.91. The molecule has 0 aromatic rings. The summed E-state index contributed by atoms with van der Waals surface area (Å²) in [7, 11) is 0. The van der Waals surface area contributed by atoms with E-state index >= 15 is 0 Å². The lowest BCUT2D eigenvalue weighted by molar-refractivity contribution is 0.279. The third kappa shape index (κ3) is 3.00. The second kappa shape index (κ2) is 6.05. The predicted octanol–water partition coefficient (Wildman–Crippen LogP) is 4.11. The van der Waals surface area contributed by atoms with Crippen molar-refractivity contribution < 1.29 is 0 Å². The first-order valence-corrected chi connectivity index (χ1v) is 7.56. The molecule has 0 aliphatic heterocycles. The van der Waals surface area contributed by atoms with Crippen molar-refractivity contribution in [1.29, 1.82) is 0 Å². The Kier molecular flexibility index (Phi) is 4.69. The first-order valence-electron chi connectivity index (χ1n) is 7.56. The average Bonchev–Trinajstić information content (AvgIpc) is 2.62. The first kappa shape index (κ1) is 12.4. The van der Waals surface area contributed by atoms with E-state index in [9.17, 15) is 0 Å². The van der Waals surface area contributed by atoms with Gasteiger partial charge in [-0.2, -0.15) is 0 Å². The van der Waals surface area contributed by atoms with Crippen LogP contribution in [-0.2, 0) is 0 Å². The third-order valence-electron chi connectivity index (χ3n) is 5.15. The van der Waals surface area contributed by atoms with Gasteiger partial charge in [0.1, 0.15) is 0 Å². The molecule has 0 aromatic carbocycles. The lowest BCUT2D eigenvalue weighted by Gasteiger charge is -2.28. The summed E-state index contributed by atoms with van der Waals surface area (Å²) in [4.78, 5) is 0. The lowest BCUT2D eigenvalue weighted by Crippen LogP contribution is -2.36. The summed E-state index contributed by atoms with van der Waals surface area (Å²) < 4.78 is 0. The van der Waals surface area contributed by atoms with Crippen LogP contribution in [0.2, 0.25) is 0 Å². The summed E-state index contributed by atoms with van der Waals surface area (Å²) in [5, 5.41) is 0. The summed E-state index contributed by atoms with van der Waals surface area (Å²) in [6, 6.07) is 0.523. The van der Waals surface area contributed by atoms with Crippen LogP contribution in [0.5, 0.6) is 0 Å². The monoisotopic (exact) mass is 223 g/mol. The van der Waals surface area contributed by atoms with Crippen LogP contribution < -0.4 is 5.73 Å². The molecule has 1 heteroatoms. The normalized spacial score (nSPS) is 34.9. The van der Waals surface area contributed by atoms with Gasteiger partial charge < -0.3 is 5.73 Å². The maximum atomic E-state index is 6.54. The largest absolute Gasteiger partial charge is 0.327 e. The van der Waals surface area contributed by atoms with Crippen LogP contribution in [0.1, 0.15) is 71.1 Å². The molecule has 0 radical (unpaired) electrons. The van der Waals surface area contributed by atoms with Crippen molar-refractivity contribution in [3.05, 3.63) is 0 Å². The van der Waals surface area contributed by atoms with Crippen LogP contribution in [0.15, 0.2) is 0 Å². The van der Waals surface area contributed by atoms with E-state index in [-0.39, 0.29) is 0 Å². The molecule has 3 atom stereocenters. The summed E-state index contributed by atoms with van der Waals surface area (Å²) in [6.07, 6.45) is 14.2. The number of rotatable bonds is 3. The van der Waals surface area contributed by atoms with E-state index in [0.29, 0.717) is 6.04 Å². The quantitative estimate of drug-likeness (QED) is 0.716. The minimum atomic E-state index is 0.523. The molecule has 2 aliphatic rings. The molecular formula is C15H29N. The Morgan fingerprint density at radius 3 is 2.19 bits per heavy atom. The topological polar surface area (TPSA) is 26.0 Å². The Labute approximate surface area is 101 Å². The van der Waals surface area contributed by atoms with E-state index in [0.717, 1.165) is 17.8 Å². The van der Waals surface area contributed by atoms with Gasteiger partial charge in [-0.05, 0) is 43.4 Å². The van der Waals surface area contributed by atoms with Crippen molar-refractivity contribution in [1.82, 2.24) is 0 Å². The molecule has 2 rings (SSSR count). The fourth-order valence-corrected chi connectivity index (χ4v) is 3.91. The molecule has 3 unspecified atom stereocenters. The second-order valence-electron chi connectivity index (χ2n) is 6.18. The highest BCUT2D eigenvalue weighted by Crippen LogP contribution is 2.38. The summed E-state index contributed by atoms with van der Waals surface area (Å²) in [5.41, 5.74) is 6.54. The molecule has 2 saturated carbocycles. The standard InChI is InChI=1S/C15H29N/c1-2-12-9-10-14(11-12)15(16)13-7-5-3-4-6-8-13/h12-15H,2-11,16H2,1H3. The van der Waals surface area contributed by atoms with E-state index < -0.39 is 0 Å². The number of hydrogen-bond acceptors (Lipinski definition) is 1. The van der Waals surface area contributed by atoms with Crippen molar-refractivity contribution >= 4 is 0 Å². The Hall–Kier alpha value is -0.0400. The van der Waals surface area contributed by atoms with Gasteiger partial charge in [0.05, 0.1) is 0 Å². The molecule has 16 heavy (non-hydrogen) atoms. The van der Waals surface area contributed by atoms with Crippen molar-refractivity contribution in [2.75, 3.05) is 0 Å². The fraction of sp³-hybridized carbons (Fsp3) is 1.00. The summed E-state index contributed by atoms with van der Waals surface area (Å²) in [6.45, 7) is 2.34. The Morgan fingerprint density at radius 1 is 0.938 bits per heavy atom. The zero-order chi connectivity index (χ0) is 11.4. The Morgan fingerprint density at radius 2 is 1.62 bits per heavy atom. The maximum absolute atomic E-state index is 6.54. The van der Waals surface area contributed by atoms with E-state index in [1.807, 2.05) is 0 Å². The zero-order valence-corrected chi connectivity index (χ0v) is 11.0. The van der Waals surface area contributed by atoms with E-state index in [4.69, 9.17) is 5.73 Å². The van der Waals surface area contributed by atoms with E-state index in [1.165, 1.54) is 64.2 Å². The van der Waals surface area contributed by atoms with Crippen molar-refractivity contribution in [2.45, 2.75) is 77.2 Å². The molecule has 2 N–H and O–H groups in total. The van der Waals surface area contributed by atoms with Gasteiger partial charge in [0.2, 0.25) is 0 Å². The summed E-state index contributed by atoms with van der Waals surface area (Å²) >= 11 is 0. The zero-order valence-electron chi connectivity index (χ0n) is 11.0. The highest BCUT2D eigenvalue weighted by molar-refractivity contribution is 4.87. The van der Waals surface area contributed by atoms with Gasteiger partial charge in [0, 0.05) is 6.04 Å². The molecule has 0 heterocycles. The van der Waals surface area contributed by atoms with Gasteiger partial charge in [-0.1, -0.05) is 45.4 Å². The van der Waals surface area contributed by atoms with Gasteiger partial charge in [0.15, 0.2) is 0 Å².